The molecule has 0 saturated carbocycles. The van der Waals surface area contributed by atoms with E-state index in [1.165, 1.54) is 10.4 Å². The second-order valence-electron chi connectivity index (χ2n) is 5.52. The van der Waals surface area contributed by atoms with Crippen molar-refractivity contribution in [2.75, 3.05) is 12.3 Å². The smallest absolute Gasteiger partial charge is 0.244 e. The van der Waals surface area contributed by atoms with Crippen molar-refractivity contribution in [3.05, 3.63) is 36.4 Å². The van der Waals surface area contributed by atoms with Crippen molar-refractivity contribution in [2.45, 2.75) is 38.1 Å². The first-order valence-electron chi connectivity index (χ1n) is 6.10. The number of benzene rings is 1. The van der Waals surface area contributed by atoms with E-state index in [-0.39, 0.29) is 11.4 Å². The van der Waals surface area contributed by atoms with Gasteiger partial charge in [-0.05, 0) is 45.4 Å². The molecule has 19 heavy (non-hydrogen) atoms. The van der Waals surface area contributed by atoms with Crippen LogP contribution in [-0.2, 0) is 10.0 Å². The molecule has 0 heterocycles. The van der Waals surface area contributed by atoms with E-state index < -0.39 is 15.6 Å². The maximum atomic E-state index is 12.8. The van der Waals surface area contributed by atoms with Crippen LogP contribution >= 0.6 is 0 Å². The van der Waals surface area contributed by atoms with E-state index >= 15 is 0 Å². The molecule has 5 heteroatoms. The Morgan fingerprint density at radius 3 is 2.42 bits per heavy atom. The van der Waals surface area contributed by atoms with Crippen LogP contribution in [0.2, 0.25) is 0 Å². The molecule has 0 atom stereocenters. The van der Waals surface area contributed by atoms with Gasteiger partial charge in [0.05, 0.1) is 4.90 Å². The highest BCUT2D eigenvalue weighted by Crippen LogP contribution is 2.27. The van der Waals surface area contributed by atoms with E-state index in [0.29, 0.717) is 11.3 Å². The summed E-state index contributed by atoms with van der Waals surface area (Å²) in [6.07, 6.45) is 1.59. The van der Waals surface area contributed by atoms with E-state index in [2.05, 4.69) is 6.58 Å². The summed E-state index contributed by atoms with van der Waals surface area (Å²) in [4.78, 5) is 0.254. The maximum Gasteiger partial charge on any atom is 0.244 e. The third-order valence-corrected chi connectivity index (χ3v) is 5.10. The lowest BCUT2D eigenvalue weighted by molar-refractivity contribution is 0.270. The second kappa shape index (κ2) is 5.35. The fourth-order valence-corrected chi connectivity index (χ4v) is 3.88. The molecule has 1 aromatic rings. The predicted octanol–water partition coefficient (Wildman–Crippen LogP) is 2.55. The first-order chi connectivity index (χ1) is 8.60. The number of nitrogens with zero attached hydrogens (tertiary/aromatic N) is 1. The van der Waals surface area contributed by atoms with Gasteiger partial charge in [0, 0.05) is 17.8 Å². The number of sulfonamides is 1. The summed E-state index contributed by atoms with van der Waals surface area (Å²) in [6.45, 7) is 11.2. The zero-order valence-electron chi connectivity index (χ0n) is 12.0. The SMILES string of the molecule is C=CCN(C(C)(C)C)S(=O)(=O)c1cc(N)ccc1C. The van der Waals surface area contributed by atoms with Crippen LogP contribution in [0, 0.1) is 6.92 Å². The van der Waals surface area contributed by atoms with Gasteiger partial charge in [0.25, 0.3) is 0 Å². The molecule has 0 radical (unpaired) electrons. The molecule has 0 aliphatic carbocycles. The number of nitrogen functional groups attached to an aromatic ring is 1. The van der Waals surface area contributed by atoms with Crippen molar-refractivity contribution in [2.24, 2.45) is 0 Å². The minimum Gasteiger partial charge on any atom is -0.399 e. The molecule has 4 nitrogen and oxygen atoms in total. The third kappa shape index (κ3) is 3.36. The number of rotatable bonds is 4. The Hall–Kier alpha value is -1.33. The summed E-state index contributed by atoms with van der Waals surface area (Å²) in [5, 5.41) is 0. The van der Waals surface area contributed by atoms with Crippen LogP contribution in [0.5, 0.6) is 0 Å². The lowest BCUT2D eigenvalue weighted by Gasteiger charge is -2.34. The molecule has 0 aliphatic heterocycles. The van der Waals surface area contributed by atoms with Crippen LogP contribution in [0.4, 0.5) is 5.69 Å². The Morgan fingerprint density at radius 1 is 1.37 bits per heavy atom. The molecule has 0 spiro atoms. The zero-order chi connectivity index (χ0) is 14.8. The lowest BCUT2D eigenvalue weighted by atomic mass is 10.1. The van der Waals surface area contributed by atoms with E-state index in [0.717, 1.165) is 0 Å². The Kier molecular flexibility index (Phi) is 4.43. The summed E-state index contributed by atoms with van der Waals surface area (Å²) in [7, 11) is -3.59. The van der Waals surface area contributed by atoms with Gasteiger partial charge in [0.2, 0.25) is 10.0 Å². The average molecular weight is 282 g/mol. The second-order valence-corrected chi connectivity index (χ2v) is 7.35. The van der Waals surface area contributed by atoms with Crippen LogP contribution in [0.3, 0.4) is 0 Å². The van der Waals surface area contributed by atoms with Gasteiger partial charge in [-0.2, -0.15) is 4.31 Å². The maximum absolute atomic E-state index is 12.8. The molecule has 0 amide bonds. The number of aryl methyl sites for hydroxylation is 1. The third-order valence-electron chi connectivity index (χ3n) is 2.82. The molecule has 0 saturated heterocycles. The highest BCUT2D eigenvalue weighted by atomic mass is 32.2. The van der Waals surface area contributed by atoms with Crippen molar-refractivity contribution < 1.29 is 8.42 Å². The number of anilines is 1. The average Bonchev–Trinajstić information content (AvgIpc) is 2.27. The zero-order valence-corrected chi connectivity index (χ0v) is 12.8. The Labute approximate surface area is 116 Å². The molecule has 0 fully saturated rings. The van der Waals surface area contributed by atoms with E-state index in [1.54, 1.807) is 25.1 Å². The molecule has 1 aromatic carbocycles. The van der Waals surface area contributed by atoms with Gasteiger partial charge in [0.1, 0.15) is 0 Å². The summed E-state index contributed by atoms with van der Waals surface area (Å²) in [6, 6.07) is 4.92. The molecule has 106 valence electrons. The topological polar surface area (TPSA) is 63.4 Å². The standard InChI is InChI=1S/C14H22N2O2S/c1-6-9-16(14(3,4)5)19(17,18)13-10-12(15)8-7-11(13)2/h6-8,10H,1,9,15H2,2-5H3. The van der Waals surface area contributed by atoms with Gasteiger partial charge >= 0.3 is 0 Å². The highest BCUT2D eigenvalue weighted by Gasteiger charge is 2.33. The Bertz CT molecular complexity index is 572. The van der Waals surface area contributed by atoms with Crippen molar-refractivity contribution >= 4 is 15.7 Å². The van der Waals surface area contributed by atoms with E-state index in [9.17, 15) is 8.42 Å². The molecule has 1 rings (SSSR count). The number of nitrogens with two attached hydrogens (primary N) is 1. The van der Waals surface area contributed by atoms with Gasteiger partial charge < -0.3 is 5.73 Å². The van der Waals surface area contributed by atoms with Crippen LogP contribution in [0.15, 0.2) is 35.7 Å². The highest BCUT2D eigenvalue weighted by molar-refractivity contribution is 7.89. The van der Waals surface area contributed by atoms with Gasteiger partial charge in [-0.25, -0.2) is 8.42 Å². The largest absolute Gasteiger partial charge is 0.399 e. The van der Waals surface area contributed by atoms with Crippen molar-refractivity contribution in [1.82, 2.24) is 4.31 Å². The summed E-state index contributed by atoms with van der Waals surface area (Å²) < 4.78 is 27.0. The van der Waals surface area contributed by atoms with Crippen molar-refractivity contribution in [3.63, 3.8) is 0 Å². The van der Waals surface area contributed by atoms with Gasteiger partial charge in [-0.15, -0.1) is 6.58 Å². The molecule has 0 unspecified atom stereocenters. The lowest BCUT2D eigenvalue weighted by Crippen LogP contribution is -2.45. The fourth-order valence-electron chi connectivity index (χ4n) is 1.86. The van der Waals surface area contributed by atoms with Gasteiger partial charge in [0.15, 0.2) is 0 Å². The number of hydrogen-bond acceptors (Lipinski definition) is 3. The molecule has 0 aliphatic rings. The van der Waals surface area contributed by atoms with Crippen LogP contribution in [0.25, 0.3) is 0 Å². The molecule has 2 N–H and O–H groups in total. The molecular weight excluding hydrogens is 260 g/mol. The van der Waals surface area contributed by atoms with Crippen LogP contribution in [-0.4, -0.2) is 24.8 Å². The van der Waals surface area contributed by atoms with E-state index in [1.807, 2.05) is 20.8 Å². The quantitative estimate of drug-likeness (QED) is 0.682. The van der Waals surface area contributed by atoms with Crippen molar-refractivity contribution in [1.29, 1.82) is 0 Å². The van der Waals surface area contributed by atoms with Gasteiger partial charge in [-0.3, -0.25) is 0 Å². The van der Waals surface area contributed by atoms with Crippen LogP contribution < -0.4 is 5.73 Å². The molecule has 0 aromatic heterocycles. The monoisotopic (exact) mass is 282 g/mol. The van der Waals surface area contributed by atoms with E-state index in [4.69, 9.17) is 5.73 Å². The summed E-state index contributed by atoms with van der Waals surface area (Å²) >= 11 is 0. The van der Waals surface area contributed by atoms with Crippen LogP contribution in [0.1, 0.15) is 26.3 Å². The minimum atomic E-state index is -3.59. The molecular formula is C14H22N2O2S. The predicted molar refractivity (Wildman–Crippen MR) is 79.4 cm³/mol. The summed E-state index contributed by atoms with van der Waals surface area (Å²) in [5.41, 5.74) is 6.31. The summed E-state index contributed by atoms with van der Waals surface area (Å²) in [5.74, 6) is 0. The normalized spacial score (nSPS) is 12.7. The molecule has 0 bridgehead atoms. The fraction of sp³-hybridized carbons (Fsp3) is 0.429. The van der Waals surface area contributed by atoms with Gasteiger partial charge in [-0.1, -0.05) is 12.1 Å². The number of hydrogen-bond donors (Lipinski definition) is 1. The Morgan fingerprint density at radius 2 is 1.95 bits per heavy atom. The first kappa shape index (κ1) is 15.7. The first-order valence-corrected chi connectivity index (χ1v) is 7.54. The van der Waals surface area contributed by atoms with Crippen molar-refractivity contribution in [3.8, 4) is 0 Å². The minimum absolute atomic E-state index is 0.254. The Balaban J connectivity index is 3.43.